The molecule has 0 fully saturated rings. The van der Waals surface area contributed by atoms with E-state index in [1.165, 1.54) is 5.56 Å². The van der Waals surface area contributed by atoms with Crippen LogP contribution in [0.4, 0.5) is 0 Å². The normalized spacial score (nSPS) is 10.3. The van der Waals surface area contributed by atoms with Crippen LogP contribution in [0, 0.1) is 0 Å². The van der Waals surface area contributed by atoms with Crippen LogP contribution in [0.25, 0.3) is 11.1 Å². The lowest BCUT2D eigenvalue weighted by Gasteiger charge is -2.12. The van der Waals surface area contributed by atoms with Crippen LogP contribution >= 0.6 is 11.3 Å². The highest BCUT2D eigenvalue weighted by atomic mass is 32.1. The summed E-state index contributed by atoms with van der Waals surface area (Å²) in [4.78, 5) is 12.1. The molecule has 3 aromatic rings. The maximum absolute atomic E-state index is 12.1. The number of hydrogen-bond donors (Lipinski definition) is 1. The number of hydrogen-bond acceptors (Lipinski definition) is 4. The predicted octanol–water partition coefficient (Wildman–Crippen LogP) is 4.12. The minimum absolute atomic E-state index is 0.0546. The van der Waals surface area contributed by atoms with E-state index in [9.17, 15) is 4.79 Å². The average molecular weight is 353 g/mol. The van der Waals surface area contributed by atoms with Crippen LogP contribution in [-0.4, -0.2) is 19.6 Å². The number of rotatable bonds is 7. The first-order valence-corrected chi connectivity index (χ1v) is 8.85. The Bertz CT molecular complexity index is 830. The second-order valence-corrected chi connectivity index (χ2v) is 6.17. The molecule has 128 valence electrons. The van der Waals surface area contributed by atoms with Crippen molar-refractivity contribution in [2.24, 2.45) is 0 Å². The minimum atomic E-state index is -0.175. The van der Waals surface area contributed by atoms with Gasteiger partial charge in [-0.1, -0.05) is 36.4 Å². The summed E-state index contributed by atoms with van der Waals surface area (Å²) in [5.74, 6) is 0.989. The van der Waals surface area contributed by atoms with E-state index >= 15 is 0 Å². The van der Waals surface area contributed by atoms with Gasteiger partial charge in [0.2, 0.25) is 0 Å². The molecule has 5 heteroatoms. The molecule has 1 aromatic heterocycles. The molecule has 0 unspecified atom stereocenters. The molecule has 0 aliphatic heterocycles. The van der Waals surface area contributed by atoms with Gasteiger partial charge in [-0.15, -0.1) is 0 Å². The Kier molecular flexibility index (Phi) is 5.69. The molecule has 25 heavy (non-hydrogen) atoms. The summed E-state index contributed by atoms with van der Waals surface area (Å²) in [6.45, 7) is 0.404. The van der Waals surface area contributed by atoms with E-state index in [2.05, 4.69) is 22.8 Å². The Morgan fingerprint density at radius 1 is 1.04 bits per heavy atom. The van der Waals surface area contributed by atoms with Gasteiger partial charge in [-0.05, 0) is 45.6 Å². The van der Waals surface area contributed by atoms with Crippen molar-refractivity contribution in [2.75, 3.05) is 13.7 Å². The quantitative estimate of drug-likeness (QED) is 0.695. The summed E-state index contributed by atoms with van der Waals surface area (Å²) in [6, 6.07) is 17.4. The molecule has 3 rings (SSSR count). The molecule has 2 aromatic carbocycles. The van der Waals surface area contributed by atoms with Gasteiger partial charge in [0.15, 0.2) is 18.1 Å². The highest BCUT2D eigenvalue weighted by molar-refractivity contribution is 7.08. The number of thiophene rings is 1. The van der Waals surface area contributed by atoms with Crippen molar-refractivity contribution >= 4 is 17.2 Å². The zero-order valence-corrected chi connectivity index (χ0v) is 14.7. The van der Waals surface area contributed by atoms with Gasteiger partial charge in [0.25, 0.3) is 5.91 Å². The lowest BCUT2D eigenvalue weighted by molar-refractivity contribution is -0.123. The lowest BCUT2D eigenvalue weighted by atomic mass is 10.0. The van der Waals surface area contributed by atoms with E-state index in [0.29, 0.717) is 18.0 Å². The van der Waals surface area contributed by atoms with E-state index in [1.54, 1.807) is 30.6 Å². The Morgan fingerprint density at radius 3 is 2.56 bits per heavy atom. The second-order valence-electron chi connectivity index (χ2n) is 5.39. The van der Waals surface area contributed by atoms with Crippen LogP contribution in [0.15, 0.2) is 65.4 Å². The number of nitrogens with one attached hydrogen (secondary N) is 1. The monoisotopic (exact) mass is 353 g/mol. The number of benzene rings is 2. The third kappa shape index (κ3) is 4.39. The number of ether oxygens (including phenoxy) is 2. The smallest absolute Gasteiger partial charge is 0.258 e. The van der Waals surface area contributed by atoms with Crippen LogP contribution in [0.5, 0.6) is 11.5 Å². The number of amides is 1. The average Bonchev–Trinajstić information content (AvgIpc) is 3.19. The van der Waals surface area contributed by atoms with Crippen molar-refractivity contribution in [1.82, 2.24) is 5.32 Å². The van der Waals surface area contributed by atoms with Crippen molar-refractivity contribution in [2.45, 2.75) is 6.54 Å². The lowest BCUT2D eigenvalue weighted by Crippen LogP contribution is -2.28. The topological polar surface area (TPSA) is 47.6 Å². The molecule has 1 amide bonds. The third-order valence-corrected chi connectivity index (χ3v) is 4.44. The van der Waals surface area contributed by atoms with Gasteiger partial charge in [0.05, 0.1) is 7.11 Å². The summed E-state index contributed by atoms with van der Waals surface area (Å²) < 4.78 is 10.8. The van der Waals surface area contributed by atoms with Crippen LogP contribution in [-0.2, 0) is 11.3 Å². The van der Waals surface area contributed by atoms with Crippen LogP contribution < -0.4 is 14.8 Å². The molecular formula is C20H19NO3S. The summed E-state index contributed by atoms with van der Waals surface area (Å²) in [7, 11) is 1.57. The molecule has 1 N–H and O–H groups in total. The molecule has 0 aliphatic carbocycles. The standard InChI is InChI=1S/C20H19NO3S/c1-23-18-8-4-5-9-19(18)24-13-20(22)21-12-15-6-2-3-7-17(15)16-10-11-25-14-16/h2-11,14H,12-13H2,1H3,(H,21,22). The summed E-state index contributed by atoms with van der Waals surface area (Å²) in [5.41, 5.74) is 3.38. The van der Waals surface area contributed by atoms with Gasteiger partial charge in [-0.3, -0.25) is 4.79 Å². The van der Waals surface area contributed by atoms with Crippen molar-refractivity contribution in [3.8, 4) is 22.6 Å². The number of para-hydroxylation sites is 2. The Balaban J connectivity index is 1.58. The molecule has 4 nitrogen and oxygen atoms in total. The number of methoxy groups -OCH3 is 1. The zero-order valence-electron chi connectivity index (χ0n) is 13.9. The predicted molar refractivity (Wildman–Crippen MR) is 100 cm³/mol. The van der Waals surface area contributed by atoms with Gasteiger partial charge < -0.3 is 14.8 Å². The fourth-order valence-corrected chi connectivity index (χ4v) is 3.16. The van der Waals surface area contributed by atoms with Gasteiger partial charge in [-0.25, -0.2) is 0 Å². The first-order chi connectivity index (χ1) is 12.3. The summed E-state index contributed by atoms with van der Waals surface area (Å²) in [5, 5.41) is 7.06. The van der Waals surface area contributed by atoms with Gasteiger partial charge in [0.1, 0.15) is 0 Å². The zero-order chi connectivity index (χ0) is 17.5. The Morgan fingerprint density at radius 2 is 1.80 bits per heavy atom. The Hall–Kier alpha value is -2.79. The molecule has 0 aliphatic rings. The SMILES string of the molecule is COc1ccccc1OCC(=O)NCc1ccccc1-c1ccsc1. The van der Waals surface area contributed by atoms with Crippen molar-refractivity contribution in [3.05, 3.63) is 70.9 Å². The highest BCUT2D eigenvalue weighted by Crippen LogP contribution is 2.26. The first kappa shape index (κ1) is 17.0. The van der Waals surface area contributed by atoms with E-state index in [1.807, 2.05) is 35.7 Å². The number of carbonyl (C=O) groups is 1. The fraction of sp³-hybridized carbons (Fsp3) is 0.150. The van der Waals surface area contributed by atoms with Crippen LogP contribution in [0.1, 0.15) is 5.56 Å². The van der Waals surface area contributed by atoms with Gasteiger partial charge in [-0.2, -0.15) is 11.3 Å². The fourth-order valence-electron chi connectivity index (χ4n) is 2.50. The molecular weight excluding hydrogens is 334 g/mol. The van der Waals surface area contributed by atoms with Gasteiger partial charge >= 0.3 is 0 Å². The minimum Gasteiger partial charge on any atom is -0.493 e. The number of carbonyl (C=O) groups excluding carboxylic acids is 1. The highest BCUT2D eigenvalue weighted by Gasteiger charge is 2.09. The summed E-state index contributed by atoms with van der Waals surface area (Å²) >= 11 is 1.66. The maximum atomic E-state index is 12.1. The van der Waals surface area contributed by atoms with Crippen LogP contribution in [0.3, 0.4) is 0 Å². The largest absolute Gasteiger partial charge is 0.493 e. The van der Waals surface area contributed by atoms with Crippen molar-refractivity contribution in [1.29, 1.82) is 0 Å². The molecule has 1 heterocycles. The van der Waals surface area contributed by atoms with Crippen molar-refractivity contribution < 1.29 is 14.3 Å². The molecule has 0 atom stereocenters. The van der Waals surface area contributed by atoms with E-state index in [0.717, 1.165) is 11.1 Å². The molecule has 0 spiro atoms. The molecule has 0 bridgehead atoms. The van der Waals surface area contributed by atoms with E-state index in [4.69, 9.17) is 9.47 Å². The second kappa shape index (κ2) is 8.35. The summed E-state index contributed by atoms with van der Waals surface area (Å²) in [6.07, 6.45) is 0. The maximum Gasteiger partial charge on any atom is 0.258 e. The molecule has 0 radical (unpaired) electrons. The van der Waals surface area contributed by atoms with Crippen molar-refractivity contribution in [3.63, 3.8) is 0 Å². The molecule has 0 saturated heterocycles. The molecule has 0 saturated carbocycles. The van der Waals surface area contributed by atoms with E-state index < -0.39 is 0 Å². The van der Waals surface area contributed by atoms with Crippen LogP contribution in [0.2, 0.25) is 0 Å². The Labute approximate surface area is 151 Å². The third-order valence-electron chi connectivity index (χ3n) is 3.75. The van der Waals surface area contributed by atoms with E-state index in [-0.39, 0.29) is 12.5 Å². The first-order valence-electron chi connectivity index (χ1n) is 7.91. The van der Waals surface area contributed by atoms with Gasteiger partial charge in [0, 0.05) is 6.54 Å².